The summed E-state index contributed by atoms with van der Waals surface area (Å²) in [5.41, 5.74) is 0.947. The second-order valence-electron chi connectivity index (χ2n) is 7.94. The molecule has 1 aromatic carbocycles. The van der Waals surface area contributed by atoms with Gasteiger partial charge in [0.25, 0.3) is 0 Å². The van der Waals surface area contributed by atoms with Crippen LogP contribution in [0.4, 0.5) is 0 Å². The van der Waals surface area contributed by atoms with Gasteiger partial charge in [0.15, 0.2) is 6.29 Å². The third kappa shape index (κ3) is 4.44. The van der Waals surface area contributed by atoms with E-state index in [0.29, 0.717) is 11.1 Å². The van der Waals surface area contributed by atoms with Crippen molar-refractivity contribution in [3.8, 4) is 0 Å². The molecule has 9 atom stereocenters. The van der Waals surface area contributed by atoms with E-state index in [9.17, 15) is 30.3 Å². The SMILES string of the molecule is O=C(OCC1=CC(O)C2C=COC(OC3OC(CO)C(O)C(O)C3O)C12)c1ccccc1. The number of benzene rings is 1. The number of aliphatic hydroxyl groups is 5. The highest BCUT2D eigenvalue weighted by molar-refractivity contribution is 5.89. The largest absolute Gasteiger partial charge is 0.472 e. The van der Waals surface area contributed by atoms with Gasteiger partial charge in [-0.3, -0.25) is 0 Å². The lowest BCUT2D eigenvalue weighted by molar-refractivity contribution is -0.339. The topological polar surface area (TPSA) is 155 Å². The highest BCUT2D eigenvalue weighted by atomic mass is 16.8. The van der Waals surface area contributed by atoms with Crippen molar-refractivity contribution in [2.75, 3.05) is 13.2 Å². The van der Waals surface area contributed by atoms with E-state index in [1.807, 2.05) is 0 Å². The van der Waals surface area contributed by atoms with Crippen molar-refractivity contribution < 1.29 is 49.3 Å². The number of ether oxygens (including phenoxy) is 4. The summed E-state index contributed by atoms with van der Waals surface area (Å²) in [5.74, 6) is -1.52. The van der Waals surface area contributed by atoms with Crippen LogP contribution in [0, 0.1) is 11.8 Å². The van der Waals surface area contributed by atoms with Crippen LogP contribution >= 0.6 is 0 Å². The number of fused-ring (bicyclic) bond motifs is 1. The summed E-state index contributed by atoms with van der Waals surface area (Å²) in [7, 11) is 0. The van der Waals surface area contributed by atoms with Crippen LogP contribution < -0.4 is 0 Å². The molecule has 5 N–H and O–H groups in total. The molecule has 1 fully saturated rings. The van der Waals surface area contributed by atoms with Gasteiger partial charge < -0.3 is 44.5 Å². The van der Waals surface area contributed by atoms with E-state index >= 15 is 0 Å². The molecule has 0 radical (unpaired) electrons. The normalized spacial score (nSPS) is 38.5. The van der Waals surface area contributed by atoms with Crippen LogP contribution in [0.2, 0.25) is 0 Å². The summed E-state index contributed by atoms with van der Waals surface area (Å²) in [6.45, 7) is -0.709. The molecule has 4 rings (SSSR count). The number of aliphatic hydroxyl groups excluding tert-OH is 5. The molecule has 10 nitrogen and oxygen atoms in total. The van der Waals surface area contributed by atoms with Crippen LogP contribution in [0.5, 0.6) is 0 Å². The molecule has 0 aromatic heterocycles. The first-order valence-corrected chi connectivity index (χ1v) is 10.3. The molecule has 0 spiro atoms. The first-order valence-electron chi connectivity index (χ1n) is 10.3. The lowest BCUT2D eigenvalue weighted by atomic mass is 9.88. The number of hydrogen-bond donors (Lipinski definition) is 5. The third-order valence-electron chi connectivity index (χ3n) is 5.92. The average Bonchev–Trinajstić information content (AvgIpc) is 3.14. The van der Waals surface area contributed by atoms with E-state index in [0.717, 1.165) is 0 Å². The van der Waals surface area contributed by atoms with Crippen molar-refractivity contribution in [1.82, 2.24) is 0 Å². The molecule has 1 aliphatic carbocycles. The van der Waals surface area contributed by atoms with Crippen molar-refractivity contribution in [1.29, 1.82) is 0 Å². The smallest absolute Gasteiger partial charge is 0.338 e. The Hall–Kier alpha value is -2.31. The molecule has 2 aliphatic heterocycles. The van der Waals surface area contributed by atoms with Gasteiger partial charge in [-0.15, -0.1) is 0 Å². The van der Waals surface area contributed by atoms with Gasteiger partial charge in [-0.25, -0.2) is 4.79 Å². The predicted molar refractivity (Wildman–Crippen MR) is 107 cm³/mol. The average molecular weight is 450 g/mol. The second kappa shape index (κ2) is 9.67. The Balaban J connectivity index is 1.46. The standard InChI is InChI=1S/C22H26O10/c23-9-15-17(25)18(26)19(27)22(31-15)32-21-16-12(8-14(24)13(16)6-7-29-21)10-30-20(28)11-4-2-1-3-5-11/h1-8,13-19,21-27H,9-10H2. The van der Waals surface area contributed by atoms with E-state index in [1.54, 1.807) is 42.5 Å². The van der Waals surface area contributed by atoms with Gasteiger partial charge in [0.2, 0.25) is 6.29 Å². The second-order valence-corrected chi connectivity index (χ2v) is 7.94. The third-order valence-corrected chi connectivity index (χ3v) is 5.92. The van der Waals surface area contributed by atoms with Crippen molar-refractivity contribution in [3.63, 3.8) is 0 Å². The molecule has 32 heavy (non-hydrogen) atoms. The first-order chi connectivity index (χ1) is 15.4. The highest BCUT2D eigenvalue weighted by Crippen LogP contribution is 2.41. The molecule has 0 saturated carbocycles. The van der Waals surface area contributed by atoms with Gasteiger partial charge >= 0.3 is 5.97 Å². The van der Waals surface area contributed by atoms with Crippen LogP contribution in [0.1, 0.15) is 10.4 Å². The molecule has 174 valence electrons. The Bertz CT molecular complexity index is 854. The molecule has 9 unspecified atom stereocenters. The number of esters is 1. The summed E-state index contributed by atoms with van der Waals surface area (Å²) in [6, 6.07) is 8.47. The van der Waals surface area contributed by atoms with Gasteiger partial charge in [0, 0.05) is 5.92 Å². The highest BCUT2D eigenvalue weighted by Gasteiger charge is 2.49. The molecular formula is C22H26O10. The van der Waals surface area contributed by atoms with E-state index in [1.165, 1.54) is 6.26 Å². The molecule has 0 amide bonds. The van der Waals surface area contributed by atoms with Crippen LogP contribution in [-0.4, -0.2) is 87.8 Å². The lowest BCUT2D eigenvalue weighted by Gasteiger charge is -2.42. The summed E-state index contributed by atoms with van der Waals surface area (Å²) in [4.78, 5) is 12.3. The summed E-state index contributed by atoms with van der Waals surface area (Å²) in [5, 5.41) is 50.0. The maximum atomic E-state index is 12.3. The first kappa shape index (κ1) is 22.9. The quantitative estimate of drug-likeness (QED) is 0.271. The molecule has 10 heteroatoms. The fraction of sp³-hybridized carbons (Fsp3) is 0.500. The Labute approximate surface area is 183 Å². The van der Waals surface area contributed by atoms with Gasteiger partial charge in [0.05, 0.1) is 30.5 Å². The fourth-order valence-corrected chi connectivity index (χ4v) is 4.17. The van der Waals surface area contributed by atoms with Crippen LogP contribution in [-0.2, 0) is 18.9 Å². The van der Waals surface area contributed by atoms with E-state index < -0.39 is 67.5 Å². The van der Waals surface area contributed by atoms with Crippen molar-refractivity contribution in [2.45, 2.75) is 43.1 Å². The Kier molecular flexibility index (Phi) is 6.91. The van der Waals surface area contributed by atoms with Gasteiger partial charge in [0.1, 0.15) is 31.0 Å². The molecule has 1 saturated heterocycles. The monoisotopic (exact) mass is 450 g/mol. The maximum absolute atomic E-state index is 12.3. The van der Waals surface area contributed by atoms with Crippen LogP contribution in [0.25, 0.3) is 0 Å². The number of carbonyl (C=O) groups excluding carboxylic acids is 1. The van der Waals surface area contributed by atoms with E-state index in [2.05, 4.69) is 0 Å². The molecule has 3 aliphatic rings. The fourth-order valence-electron chi connectivity index (χ4n) is 4.17. The Morgan fingerprint density at radius 1 is 1.00 bits per heavy atom. The number of hydrogen-bond acceptors (Lipinski definition) is 10. The van der Waals surface area contributed by atoms with Crippen LogP contribution in [0.15, 0.2) is 54.3 Å². The zero-order valence-corrected chi connectivity index (χ0v) is 17.0. The molecular weight excluding hydrogens is 424 g/mol. The molecule has 2 heterocycles. The minimum absolute atomic E-state index is 0.113. The van der Waals surface area contributed by atoms with Gasteiger partial charge in [-0.05, 0) is 23.8 Å². The predicted octanol–water partition coefficient (Wildman–Crippen LogP) is -0.937. The minimum atomic E-state index is -1.60. The van der Waals surface area contributed by atoms with Gasteiger partial charge in [-0.2, -0.15) is 0 Å². The lowest BCUT2D eigenvalue weighted by Crippen LogP contribution is -2.60. The number of rotatable bonds is 6. The van der Waals surface area contributed by atoms with Crippen molar-refractivity contribution in [2.24, 2.45) is 11.8 Å². The molecule has 1 aromatic rings. The van der Waals surface area contributed by atoms with E-state index in [-0.39, 0.29) is 6.61 Å². The van der Waals surface area contributed by atoms with Crippen molar-refractivity contribution >= 4 is 5.97 Å². The zero-order chi connectivity index (χ0) is 22.8. The van der Waals surface area contributed by atoms with E-state index in [4.69, 9.17) is 18.9 Å². The molecule has 0 bridgehead atoms. The van der Waals surface area contributed by atoms with Crippen LogP contribution in [0.3, 0.4) is 0 Å². The van der Waals surface area contributed by atoms with Gasteiger partial charge in [-0.1, -0.05) is 24.3 Å². The summed E-state index contributed by atoms with van der Waals surface area (Å²) >= 11 is 0. The van der Waals surface area contributed by atoms with Crippen molar-refractivity contribution in [3.05, 3.63) is 59.9 Å². The summed E-state index contributed by atoms with van der Waals surface area (Å²) < 4.78 is 22.1. The number of carbonyl (C=O) groups is 1. The summed E-state index contributed by atoms with van der Waals surface area (Å²) in [6.07, 6.45) is -4.61. The minimum Gasteiger partial charge on any atom is -0.472 e. The maximum Gasteiger partial charge on any atom is 0.338 e. The zero-order valence-electron chi connectivity index (χ0n) is 17.0. The Morgan fingerprint density at radius 2 is 1.75 bits per heavy atom. The Morgan fingerprint density at radius 3 is 2.47 bits per heavy atom.